The average molecular weight is 441 g/mol. The van der Waals surface area contributed by atoms with Crippen molar-refractivity contribution in [1.29, 1.82) is 0 Å². The number of benzene rings is 3. The Morgan fingerprint density at radius 3 is 2.33 bits per heavy atom. The summed E-state index contributed by atoms with van der Waals surface area (Å²) in [4.78, 5) is 25.3. The standard InChI is InChI=1S/C26H23N3O4/c1-33-23-17-9-15-21(24(23)30)18-27-29-26(32)22(16-8-12-19-10-4-2-5-11-19)28-25(31)20-13-6-3-7-14-20/h2-18,30H,1H3,(H,28,31)(H,29,32). The molecule has 3 aromatic carbocycles. The van der Waals surface area contributed by atoms with E-state index in [4.69, 9.17) is 4.74 Å². The molecular weight excluding hydrogens is 418 g/mol. The number of para-hydroxylation sites is 1. The van der Waals surface area contributed by atoms with Gasteiger partial charge < -0.3 is 15.2 Å². The molecule has 7 nitrogen and oxygen atoms in total. The predicted molar refractivity (Wildman–Crippen MR) is 128 cm³/mol. The number of phenolic OH excluding ortho intramolecular Hbond substituents is 1. The van der Waals surface area contributed by atoms with Crippen LogP contribution in [-0.4, -0.2) is 30.2 Å². The number of hydrogen-bond acceptors (Lipinski definition) is 5. The molecule has 0 saturated heterocycles. The zero-order valence-corrected chi connectivity index (χ0v) is 17.9. The number of carbonyl (C=O) groups excluding carboxylic acids is 2. The topological polar surface area (TPSA) is 100 Å². The monoisotopic (exact) mass is 441 g/mol. The van der Waals surface area contributed by atoms with Gasteiger partial charge in [0.15, 0.2) is 11.5 Å². The Morgan fingerprint density at radius 2 is 1.64 bits per heavy atom. The summed E-state index contributed by atoms with van der Waals surface area (Å²) >= 11 is 0. The normalized spacial score (nSPS) is 11.5. The predicted octanol–water partition coefficient (Wildman–Crippen LogP) is 3.88. The maximum Gasteiger partial charge on any atom is 0.287 e. The van der Waals surface area contributed by atoms with Gasteiger partial charge in [0.2, 0.25) is 0 Å². The first-order chi connectivity index (χ1) is 16.1. The molecule has 0 spiro atoms. The van der Waals surface area contributed by atoms with Crippen molar-refractivity contribution in [2.45, 2.75) is 0 Å². The summed E-state index contributed by atoms with van der Waals surface area (Å²) in [6, 6.07) is 23.0. The second-order valence-corrected chi connectivity index (χ2v) is 6.77. The van der Waals surface area contributed by atoms with Gasteiger partial charge >= 0.3 is 0 Å². The number of ether oxygens (including phenoxy) is 1. The first kappa shape index (κ1) is 23.0. The van der Waals surface area contributed by atoms with Gasteiger partial charge in [-0.05, 0) is 35.9 Å². The van der Waals surface area contributed by atoms with Crippen LogP contribution in [0.5, 0.6) is 11.5 Å². The molecule has 3 aromatic rings. The summed E-state index contributed by atoms with van der Waals surface area (Å²) in [7, 11) is 1.44. The summed E-state index contributed by atoms with van der Waals surface area (Å²) in [5.74, 6) is -0.876. The molecule has 0 aromatic heterocycles. The van der Waals surface area contributed by atoms with Crippen molar-refractivity contribution in [3.8, 4) is 11.5 Å². The van der Waals surface area contributed by atoms with Gasteiger partial charge in [0.25, 0.3) is 11.8 Å². The molecule has 166 valence electrons. The molecule has 2 amide bonds. The smallest absolute Gasteiger partial charge is 0.287 e. The number of carbonyl (C=O) groups is 2. The van der Waals surface area contributed by atoms with Gasteiger partial charge in [0.05, 0.1) is 13.3 Å². The van der Waals surface area contributed by atoms with E-state index in [1.165, 1.54) is 19.4 Å². The first-order valence-electron chi connectivity index (χ1n) is 10.1. The molecular formula is C26H23N3O4. The fraction of sp³-hybridized carbons (Fsp3) is 0.0385. The maximum atomic E-state index is 12.7. The highest BCUT2D eigenvalue weighted by Crippen LogP contribution is 2.27. The molecule has 3 N–H and O–H groups in total. The highest BCUT2D eigenvalue weighted by Gasteiger charge is 2.13. The number of aromatic hydroxyl groups is 1. The third kappa shape index (κ3) is 6.67. The lowest BCUT2D eigenvalue weighted by Gasteiger charge is -2.08. The molecule has 0 bridgehead atoms. The van der Waals surface area contributed by atoms with E-state index in [1.54, 1.807) is 60.7 Å². The Hall–Kier alpha value is -4.65. The number of amides is 2. The zero-order chi connectivity index (χ0) is 23.5. The highest BCUT2D eigenvalue weighted by atomic mass is 16.5. The minimum Gasteiger partial charge on any atom is -0.504 e. The van der Waals surface area contributed by atoms with Gasteiger partial charge in [0, 0.05) is 11.1 Å². The van der Waals surface area contributed by atoms with Gasteiger partial charge in [-0.2, -0.15) is 5.10 Å². The van der Waals surface area contributed by atoms with Crippen LogP contribution in [0.4, 0.5) is 0 Å². The van der Waals surface area contributed by atoms with Crippen LogP contribution in [0.2, 0.25) is 0 Å². The van der Waals surface area contributed by atoms with Crippen LogP contribution < -0.4 is 15.5 Å². The van der Waals surface area contributed by atoms with Crippen molar-refractivity contribution in [2.24, 2.45) is 5.10 Å². The average Bonchev–Trinajstić information content (AvgIpc) is 2.85. The van der Waals surface area contributed by atoms with Crippen molar-refractivity contribution in [3.63, 3.8) is 0 Å². The maximum absolute atomic E-state index is 12.7. The van der Waals surface area contributed by atoms with Crippen LogP contribution in [0.3, 0.4) is 0 Å². The highest BCUT2D eigenvalue weighted by molar-refractivity contribution is 6.03. The number of rotatable bonds is 8. The lowest BCUT2D eigenvalue weighted by Crippen LogP contribution is -2.32. The van der Waals surface area contributed by atoms with Gasteiger partial charge in [0.1, 0.15) is 5.70 Å². The van der Waals surface area contributed by atoms with E-state index in [1.807, 2.05) is 30.3 Å². The van der Waals surface area contributed by atoms with Gasteiger partial charge in [-0.25, -0.2) is 5.43 Å². The zero-order valence-electron chi connectivity index (χ0n) is 17.9. The number of nitrogens with one attached hydrogen (secondary N) is 2. The summed E-state index contributed by atoms with van der Waals surface area (Å²) in [5.41, 5.74) is 4.07. The quantitative estimate of drug-likeness (QED) is 0.214. The lowest BCUT2D eigenvalue weighted by atomic mass is 10.2. The van der Waals surface area contributed by atoms with Crippen molar-refractivity contribution in [3.05, 3.63) is 113 Å². The molecule has 0 aliphatic heterocycles. The summed E-state index contributed by atoms with van der Waals surface area (Å²) in [5, 5.41) is 16.6. The molecule has 0 aliphatic carbocycles. The van der Waals surface area contributed by atoms with E-state index in [-0.39, 0.29) is 17.2 Å². The molecule has 0 radical (unpaired) electrons. The molecule has 0 fully saturated rings. The SMILES string of the molecule is COc1cccc(C=NNC(=O)C(=CC=Cc2ccccc2)NC(=O)c2ccccc2)c1O. The fourth-order valence-corrected chi connectivity index (χ4v) is 2.81. The van der Waals surface area contributed by atoms with E-state index in [9.17, 15) is 14.7 Å². The van der Waals surface area contributed by atoms with Gasteiger partial charge in [-0.15, -0.1) is 0 Å². The molecule has 0 saturated carbocycles. The van der Waals surface area contributed by atoms with Crippen LogP contribution in [0.1, 0.15) is 21.5 Å². The van der Waals surface area contributed by atoms with Crippen molar-refractivity contribution in [1.82, 2.24) is 10.7 Å². The minimum atomic E-state index is -0.629. The summed E-state index contributed by atoms with van der Waals surface area (Å²) in [6.45, 7) is 0. The fourth-order valence-electron chi connectivity index (χ4n) is 2.81. The van der Waals surface area contributed by atoms with Crippen LogP contribution in [0.15, 0.2) is 102 Å². The molecule has 7 heteroatoms. The Balaban J connectivity index is 1.77. The number of nitrogens with zero attached hydrogens (tertiary/aromatic N) is 1. The van der Waals surface area contributed by atoms with Crippen molar-refractivity contribution in [2.75, 3.05) is 7.11 Å². The van der Waals surface area contributed by atoms with Crippen LogP contribution in [-0.2, 0) is 4.79 Å². The number of hydrogen-bond donors (Lipinski definition) is 3. The Kier molecular flexibility index (Phi) is 8.14. The molecule has 33 heavy (non-hydrogen) atoms. The first-order valence-corrected chi connectivity index (χ1v) is 10.1. The molecule has 3 rings (SSSR count). The van der Waals surface area contributed by atoms with Crippen LogP contribution in [0, 0.1) is 0 Å². The van der Waals surface area contributed by atoms with E-state index in [0.717, 1.165) is 5.56 Å². The van der Waals surface area contributed by atoms with E-state index < -0.39 is 11.8 Å². The number of phenols is 1. The molecule has 0 atom stereocenters. The Labute approximate surface area is 191 Å². The number of methoxy groups -OCH3 is 1. The summed E-state index contributed by atoms with van der Waals surface area (Å²) in [6.07, 6.45) is 6.24. The van der Waals surface area contributed by atoms with Gasteiger partial charge in [-0.1, -0.05) is 66.7 Å². The van der Waals surface area contributed by atoms with E-state index in [2.05, 4.69) is 15.8 Å². The van der Waals surface area contributed by atoms with E-state index in [0.29, 0.717) is 11.1 Å². The Morgan fingerprint density at radius 1 is 0.939 bits per heavy atom. The summed E-state index contributed by atoms with van der Waals surface area (Å²) < 4.78 is 5.05. The molecule has 0 unspecified atom stereocenters. The second-order valence-electron chi connectivity index (χ2n) is 6.77. The van der Waals surface area contributed by atoms with Crippen molar-refractivity contribution < 1.29 is 19.4 Å². The van der Waals surface area contributed by atoms with Gasteiger partial charge in [-0.3, -0.25) is 9.59 Å². The molecule has 0 aliphatic rings. The second kappa shape index (κ2) is 11.7. The number of allylic oxidation sites excluding steroid dienone is 2. The van der Waals surface area contributed by atoms with Crippen molar-refractivity contribution >= 4 is 24.1 Å². The minimum absolute atomic E-state index is 0.00282. The third-order valence-electron chi connectivity index (χ3n) is 4.50. The van der Waals surface area contributed by atoms with Crippen LogP contribution in [0.25, 0.3) is 6.08 Å². The van der Waals surface area contributed by atoms with Crippen LogP contribution >= 0.6 is 0 Å². The largest absolute Gasteiger partial charge is 0.504 e. The Bertz CT molecular complexity index is 1190. The molecule has 0 heterocycles. The lowest BCUT2D eigenvalue weighted by molar-refractivity contribution is -0.117. The van der Waals surface area contributed by atoms with E-state index >= 15 is 0 Å². The third-order valence-corrected chi connectivity index (χ3v) is 4.50. The number of hydrazone groups is 1.